The zero-order valence-electron chi connectivity index (χ0n) is 9.38. The van der Waals surface area contributed by atoms with Crippen LogP contribution >= 0.6 is 0 Å². The van der Waals surface area contributed by atoms with Crippen LogP contribution in [-0.4, -0.2) is 5.11 Å². The molecule has 0 aromatic heterocycles. The lowest BCUT2D eigenvalue weighted by atomic mass is 9.98. The van der Waals surface area contributed by atoms with Crippen LogP contribution in [0, 0.1) is 11.3 Å². The van der Waals surface area contributed by atoms with Crippen molar-refractivity contribution in [3.8, 4) is 6.07 Å². The number of benzene rings is 2. The van der Waals surface area contributed by atoms with Gasteiger partial charge in [0.25, 0.3) is 0 Å². The number of nitrogens with zero attached hydrogens (tertiary/aromatic N) is 1. The van der Waals surface area contributed by atoms with E-state index in [2.05, 4.69) is 6.07 Å². The molecule has 2 heteroatoms. The molecule has 1 atom stereocenters. The maximum absolute atomic E-state index is 10.1. The van der Waals surface area contributed by atoms with Crippen LogP contribution in [0.1, 0.15) is 22.8 Å². The van der Waals surface area contributed by atoms with Crippen molar-refractivity contribution in [2.45, 2.75) is 12.5 Å². The van der Waals surface area contributed by atoms with Crippen molar-refractivity contribution in [1.29, 1.82) is 5.26 Å². The molecule has 0 amide bonds. The normalized spacial score (nSPS) is 11.8. The number of aliphatic hydroxyl groups excluding tert-OH is 1. The third kappa shape index (κ3) is 2.72. The molecule has 0 aliphatic rings. The summed E-state index contributed by atoms with van der Waals surface area (Å²) in [6, 6.07) is 19.0. The van der Waals surface area contributed by atoms with Crippen LogP contribution in [0.25, 0.3) is 0 Å². The minimum absolute atomic E-state index is 0.466. The van der Waals surface area contributed by atoms with Gasteiger partial charge in [0.15, 0.2) is 0 Å². The lowest BCUT2D eigenvalue weighted by Gasteiger charge is -2.11. The van der Waals surface area contributed by atoms with Crippen LogP contribution in [0.15, 0.2) is 54.6 Å². The predicted octanol–water partition coefficient (Wildman–Crippen LogP) is 2.83. The van der Waals surface area contributed by atoms with Crippen molar-refractivity contribution in [3.05, 3.63) is 71.3 Å². The van der Waals surface area contributed by atoms with E-state index in [4.69, 9.17) is 5.26 Å². The van der Waals surface area contributed by atoms with Crippen molar-refractivity contribution >= 4 is 0 Å². The highest BCUT2D eigenvalue weighted by molar-refractivity contribution is 5.38. The van der Waals surface area contributed by atoms with Crippen molar-refractivity contribution in [1.82, 2.24) is 0 Å². The number of hydrogen-bond acceptors (Lipinski definition) is 2. The summed E-state index contributed by atoms with van der Waals surface area (Å²) in [6.45, 7) is 0. The largest absolute Gasteiger partial charge is 0.388 e. The van der Waals surface area contributed by atoms with Crippen LogP contribution < -0.4 is 0 Å². The molecular weight excluding hydrogens is 210 g/mol. The molecule has 0 aliphatic heterocycles. The molecule has 0 spiro atoms. The third-order valence-corrected chi connectivity index (χ3v) is 2.74. The lowest BCUT2D eigenvalue weighted by molar-refractivity contribution is 0.178. The Labute approximate surface area is 101 Å². The Morgan fingerprint density at radius 3 is 2.35 bits per heavy atom. The Bertz CT molecular complexity index is 528. The van der Waals surface area contributed by atoms with Gasteiger partial charge < -0.3 is 5.11 Å². The van der Waals surface area contributed by atoms with Gasteiger partial charge >= 0.3 is 0 Å². The molecule has 2 aromatic rings. The van der Waals surface area contributed by atoms with Gasteiger partial charge in [0.2, 0.25) is 0 Å². The maximum atomic E-state index is 10.1. The molecular formula is C15H13NO. The molecule has 84 valence electrons. The Kier molecular flexibility index (Phi) is 3.54. The Hall–Kier alpha value is -2.11. The van der Waals surface area contributed by atoms with Gasteiger partial charge in [-0.25, -0.2) is 0 Å². The summed E-state index contributed by atoms with van der Waals surface area (Å²) >= 11 is 0. The maximum Gasteiger partial charge on any atom is 0.0994 e. The molecule has 0 fully saturated rings. The molecule has 17 heavy (non-hydrogen) atoms. The minimum Gasteiger partial charge on any atom is -0.388 e. The number of rotatable bonds is 3. The second kappa shape index (κ2) is 5.29. The molecule has 1 N–H and O–H groups in total. The second-order valence-electron chi connectivity index (χ2n) is 3.90. The summed E-state index contributed by atoms with van der Waals surface area (Å²) in [5.74, 6) is 0. The molecule has 0 radical (unpaired) electrons. The summed E-state index contributed by atoms with van der Waals surface area (Å²) in [4.78, 5) is 0. The molecule has 2 rings (SSSR count). The first-order chi connectivity index (χ1) is 8.31. The van der Waals surface area contributed by atoms with Crippen molar-refractivity contribution < 1.29 is 5.11 Å². The van der Waals surface area contributed by atoms with Crippen LogP contribution in [0.3, 0.4) is 0 Å². The van der Waals surface area contributed by atoms with Gasteiger partial charge in [-0.2, -0.15) is 5.26 Å². The van der Waals surface area contributed by atoms with Crippen LogP contribution in [0.5, 0.6) is 0 Å². The fraction of sp³-hybridized carbons (Fsp3) is 0.133. The average molecular weight is 223 g/mol. The highest BCUT2D eigenvalue weighted by Crippen LogP contribution is 2.19. The van der Waals surface area contributed by atoms with E-state index in [9.17, 15) is 5.11 Å². The van der Waals surface area contributed by atoms with Gasteiger partial charge in [-0.1, -0.05) is 48.5 Å². The third-order valence-electron chi connectivity index (χ3n) is 2.74. The molecule has 0 saturated heterocycles. The number of aliphatic hydroxyl groups is 1. The topological polar surface area (TPSA) is 44.0 Å². The molecule has 2 aromatic carbocycles. The van der Waals surface area contributed by atoms with Crippen molar-refractivity contribution in [2.24, 2.45) is 0 Å². The molecule has 0 bridgehead atoms. The first kappa shape index (κ1) is 11.4. The predicted molar refractivity (Wildman–Crippen MR) is 66.3 cm³/mol. The lowest BCUT2D eigenvalue weighted by Crippen LogP contribution is -2.03. The van der Waals surface area contributed by atoms with Gasteiger partial charge in [0, 0.05) is 6.42 Å². The van der Waals surface area contributed by atoms with Crippen molar-refractivity contribution in [2.75, 3.05) is 0 Å². The standard InChI is InChI=1S/C15H13NO/c16-11-14-9-5-4-8-13(14)10-15(17)12-6-2-1-3-7-12/h1-9,15,17H,10H2. The van der Waals surface area contributed by atoms with E-state index in [0.29, 0.717) is 12.0 Å². The molecule has 0 heterocycles. The van der Waals surface area contributed by atoms with E-state index in [1.54, 1.807) is 6.07 Å². The molecule has 0 aliphatic carbocycles. The SMILES string of the molecule is N#Cc1ccccc1CC(O)c1ccccc1. The smallest absolute Gasteiger partial charge is 0.0994 e. The van der Waals surface area contributed by atoms with E-state index >= 15 is 0 Å². The number of hydrogen-bond donors (Lipinski definition) is 1. The fourth-order valence-corrected chi connectivity index (χ4v) is 1.81. The Balaban J connectivity index is 2.19. The van der Waals surface area contributed by atoms with Gasteiger partial charge in [-0.15, -0.1) is 0 Å². The van der Waals surface area contributed by atoms with Gasteiger partial charge in [0.1, 0.15) is 0 Å². The highest BCUT2D eigenvalue weighted by Gasteiger charge is 2.10. The zero-order valence-corrected chi connectivity index (χ0v) is 9.38. The summed E-state index contributed by atoms with van der Waals surface area (Å²) in [5.41, 5.74) is 2.38. The van der Waals surface area contributed by atoms with Gasteiger partial charge in [-0.3, -0.25) is 0 Å². The van der Waals surface area contributed by atoms with Gasteiger partial charge in [0.05, 0.1) is 17.7 Å². The Morgan fingerprint density at radius 2 is 1.65 bits per heavy atom. The quantitative estimate of drug-likeness (QED) is 0.869. The van der Waals surface area contributed by atoms with E-state index in [0.717, 1.165) is 11.1 Å². The summed E-state index contributed by atoms with van der Waals surface area (Å²) in [5, 5.41) is 19.1. The highest BCUT2D eigenvalue weighted by atomic mass is 16.3. The summed E-state index contributed by atoms with van der Waals surface area (Å²) < 4.78 is 0. The van der Waals surface area contributed by atoms with E-state index < -0.39 is 6.10 Å². The molecule has 2 nitrogen and oxygen atoms in total. The summed E-state index contributed by atoms with van der Waals surface area (Å²) in [6.07, 6.45) is -0.0981. The Morgan fingerprint density at radius 1 is 1.00 bits per heavy atom. The zero-order chi connectivity index (χ0) is 12.1. The summed E-state index contributed by atoms with van der Waals surface area (Å²) in [7, 11) is 0. The fourth-order valence-electron chi connectivity index (χ4n) is 1.81. The van der Waals surface area contributed by atoms with E-state index in [-0.39, 0.29) is 0 Å². The first-order valence-electron chi connectivity index (χ1n) is 5.52. The second-order valence-corrected chi connectivity index (χ2v) is 3.90. The van der Waals surface area contributed by atoms with E-state index in [1.165, 1.54) is 0 Å². The van der Waals surface area contributed by atoms with Crippen LogP contribution in [0.2, 0.25) is 0 Å². The molecule has 1 unspecified atom stereocenters. The monoisotopic (exact) mass is 223 g/mol. The first-order valence-corrected chi connectivity index (χ1v) is 5.52. The minimum atomic E-state index is -0.564. The number of nitriles is 1. The average Bonchev–Trinajstić information content (AvgIpc) is 2.40. The molecule has 0 saturated carbocycles. The van der Waals surface area contributed by atoms with E-state index in [1.807, 2.05) is 48.5 Å². The van der Waals surface area contributed by atoms with Crippen molar-refractivity contribution in [3.63, 3.8) is 0 Å². The van der Waals surface area contributed by atoms with Crippen LogP contribution in [0.4, 0.5) is 0 Å². The van der Waals surface area contributed by atoms with Gasteiger partial charge in [-0.05, 0) is 17.2 Å². The van der Waals surface area contributed by atoms with Crippen LogP contribution in [-0.2, 0) is 6.42 Å².